The highest BCUT2D eigenvalue weighted by molar-refractivity contribution is 7.89. The zero-order chi connectivity index (χ0) is 16.7. The molecule has 1 aromatic rings. The molecule has 8 heteroatoms. The molecule has 7 nitrogen and oxygen atoms in total. The number of hydrogen-bond acceptors (Lipinski definition) is 5. The predicted octanol–water partition coefficient (Wildman–Crippen LogP) is 0.567. The predicted molar refractivity (Wildman–Crippen MR) is 83.0 cm³/mol. The lowest BCUT2D eigenvalue weighted by Crippen LogP contribution is -2.37. The van der Waals surface area contributed by atoms with Gasteiger partial charge in [0.2, 0.25) is 10.0 Å². The molecule has 126 valence electrons. The van der Waals surface area contributed by atoms with Crippen molar-refractivity contribution in [1.29, 1.82) is 0 Å². The number of amides is 1. The van der Waals surface area contributed by atoms with Crippen LogP contribution in [0.2, 0.25) is 0 Å². The number of hydrogen-bond donors (Lipinski definition) is 2. The molecule has 0 atom stereocenters. The Bertz CT molecular complexity index is 639. The first-order valence-corrected chi connectivity index (χ1v) is 8.95. The Balaban J connectivity index is 1.71. The molecule has 1 aromatic carbocycles. The standard InChI is InChI=1S/C15H20N2O5S/c18-14(17-12-6-4-5-7-12)11-22-15(19)10-16-23(20,21)13-8-2-1-3-9-13/h1-3,8-9,12,16H,4-7,10-11H2,(H,17,18). The summed E-state index contributed by atoms with van der Waals surface area (Å²) in [5.74, 6) is -1.16. The van der Waals surface area contributed by atoms with Crippen molar-refractivity contribution in [2.45, 2.75) is 36.6 Å². The summed E-state index contributed by atoms with van der Waals surface area (Å²) in [6.07, 6.45) is 4.06. The minimum absolute atomic E-state index is 0.0618. The van der Waals surface area contributed by atoms with Crippen molar-refractivity contribution in [1.82, 2.24) is 10.0 Å². The third-order valence-electron chi connectivity index (χ3n) is 3.54. The Kier molecular flexibility index (Phi) is 6.12. The second-order valence-corrected chi connectivity index (χ2v) is 7.11. The first-order valence-electron chi connectivity index (χ1n) is 7.47. The van der Waals surface area contributed by atoms with Crippen molar-refractivity contribution in [2.24, 2.45) is 0 Å². The summed E-state index contributed by atoms with van der Waals surface area (Å²) in [7, 11) is -3.76. The lowest BCUT2D eigenvalue weighted by molar-refractivity contribution is -0.147. The van der Waals surface area contributed by atoms with Gasteiger partial charge in [-0.05, 0) is 25.0 Å². The van der Waals surface area contributed by atoms with E-state index in [0.717, 1.165) is 25.7 Å². The van der Waals surface area contributed by atoms with Crippen LogP contribution in [-0.2, 0) is 24.3 Å². The van der Waals surface area contributed by atoms with Crippen LogP contribution in [0, 0.1) is 0 Å². The molecule has 1 aliphatic carbocycles. The number of nitrogens with one attached hydrogen (secondary N) is 2. The molecule has 2 rings (SSSR count). The highest BCUT2D eigenvalue weighted by Gasteiger charge is 2.19. The third-order valence-corrected chi connectivity index (χ3v) is 4.96. The number of benzene rings is 1. The van der Waals surface area contributed by atoms with Crippen molar-refractivity contribution in [2.75, 3.05) is 13.2 Å². The number of ether oxygens (including phenoxy) is 1. The SMILES string of the molecule is O=C(COC(=O)CNS(=O)(=O)c1ccccc1)NC1CCCC1. The van der Waals surface area contributed by atoms with Gasteiger partial charge in [-0.3, -0.25) is 9.59 Å². The van der Waals surface area contributed by atoms with Crippen LogP contribution < -0.4 is 10.0 Å². The van der Waals surface area contributed by atoms with E-state index in [2.05, 4.69) is 10.0 Å². The first-order chi connectivity index (χ1) is 11.0. The van der Waals surface area contributed by atoms with Crippen LogP contribution >= 0.6 is 0 Å². The van der Waals surface area contributed by atoms with Gasteiger partial charge in [0.15, 0.2) is 6.61 Å². The van der Waals surface area contributed by atoms with E-state index >= 15 is 0 Å². The van der Waals surface area contributed by atoms with E-state index in [1.165, 1.54) is 12.1 Å². The molecule has 1 fully saturated rings. The molecule has 23 heavy (non-hydrogen) atoms. The van der Waals surface area contributed by atoms with Gasteiger partial charge in [-0.15, -0.1) is 0 Å². The van der Waals surface area contributed by atoms with Crippen molar-refractivity contribution in [3.8, 4) is 0 Å². The highest BCUT2D eigenvalue weighted by Crippen LogP contribution is 2.17. The summed E-state index contributed by atoms with van der Waals surface area (Å²) in [5, 5.41) is 2.78. The summed E-state index contributed by atoms with van der Waals surface area (Å²) in [6, 6.07) is 7.85. The largest absolute Gasteiger partial charge is 0.455 e. The van der Waals surface area contributed by atoms with E-state index in [9.17, 15) is 18.0 Å². The fourth-order valence-corrected chi connectivity index (χ4v) is 3.36. The lowest BCUT2D eigenvalue weighted by Gasteiger charge is -2.12. The zero-order valence-electron chi connectivity index (χ0n) is 12.7. The number of carbonyl (C=O) groups is 2. The van der Waals surface area contributed by atoms with Gasteiger partial charge in [0.1, 0.15) is 6.54 Å². The molecule has 0 heterocycles. The molecular weight excluding hydrogens is 320 g/mol. The van der Waals surface area contributed by atoms with Crippen molar-refractivity contribution >= 4 is 21.9 Å². The Labute approximate surface area is 135 Å². The van der Waals surface area contributed by atoms with Crippen LogP contribution in [0.3, 0.4) is 0 Å². The van der Waals surface area contributed by atoms with Gasteiger partial charge in [0.25, 0.3) is 5.91 Å². The van der Waals surface area contributed by atoms with Crippen LogP contribution in [-0.4, -0.2) is 39.5 Å². The molecule has 2 N–H and O–H groups in total. The van der Waals surface area contributed by atoms with Crippen LogP contribution in [0.4, 0.5) is 0 Å². The van der Waals surface area contributed by atoms with E-state index in [1.54, 1.807) is 18.2 Å². The van der Waals surface area contributed by atoms with Gasteiger partial charge in [-0.25, -0.2) is 8.42 Å². The van der Waals surface area contributed by atoms with Crippen LogP contribution in [0.5, 0.6) is 0 Å². The summed E-state index contributed by atoms with van der Waals surface area (Å²) in [6.45, 7) is -0.920. The normalized spacial score (nSPS) is 15.3. The van der Waals surface area contributed by atoms with E-state index in [4.69, 9.17) is 4.74 Å². The average Bonchev–Trinajstić information content (AvgIpc) is 3.05. The average molecular weight is 340 g/mol. The topological polar surface area (TPSA) is 102 Å². The number of carbonyl (C=O) groups excluding carboxylic acids is 2. The summed E-state index contributed by atoms with van der Waals surface area (Å²) in [5.41, 5.74) is 0. The second kappa shape index (κ2) is 8.07. The van der Waals surface area contributed by atoms with Gasteiger partial charge in [-0.1, -0.05) is 31.0 Å². The maximum atomic E-state index is 11.9. The summed E-state index contributed by atoms with van der Waals surface area (Å²) < 4.78 is 30.7. The zero-order valence-corrected chi connectivity index (χ0v) is 13.5. The molecule has 0 aromatic heterocycles. The molecule has 1 saturated carbocycles. The molecular formula is C15H20N2O5S. The summed E-state index contributed by atoms with van der Waals surface area (Å²) >= 11 is 0. The Morgan fingerprint density at radius 2 is 1.78 bits per heavy atom. The summed E-state index contributed by atoms with van der Waals surface area (Å²) in [4.78, 5) is 23.2. The van der Waals surface area contributed by atoms with Crippen molar-refractivity contribution in [3.63, 3.8) is 0 Å². The van der Waals surface area contributed by atoms with Gasteiger partial charge in [0, 0.05) is 6.04 Å². The van der Waals surface area contributed by atoms with Crippen LogP contribution in [0.25, 0.3) is 0 Å². The molecule has 1 aliphatic rings. The van der Waals surface area contributed by atoms with Gasteiger partial charge < -0.3 is 10.1 Å². The first kappa shape index (κ1) is 17.4. The Morgan fingerprint density at radius 1 is 1.13 bits per heavy atom. The number of rotatable bonds is 7. The monoisotopic (exact) mass is 340 g/mol. The molecule has 0 aliphatic heterocycles. The molecule has 1 amide bonds. The second-order valence-electron chi connectivity index (χ2n) is 5.35. The Morgan fingerprint density at radius 3 is 2.43 bits per heavy atom. The fourth-order valence-electron chi connectivity index (χ4n) is 2.37. The molecule has 0 radical (unpaired) electrons. The van der Waals surface area contributed by atoms with E-state index in [0.29, 0.717) is 0 Å². The van der Waals surface area contributed by atoms with E-state index in [1.807, 2.05) is 0 Å². The molecule has 0 spiro atoms. The fraction of sp³-hybridized carbons (Fsp3) is 0.467. The van der Waals surface area contributed by atoms with Crippen molar-refractivity contribution < 1.29 is 22.7 Å². The maximum Gasteiger partial charge on any atom is 0.321 e. The quantitative estimate of drug-likeness (QED) is 0.707. The van der Waals surface area contributed by atoms with E-state index in [-0.39, 0.29) is 16.8 Å². The molecule has 0 saturated heterocycles. The van der Waals surface area contributed by atoms with E-state index < -0.39 is 29.1 Å². The minimum atomic E-state index is -3.76. The van der Waals surface area contributed by atoms with Gasteiger partial charge >= 0.3 is 5.97 Å². The smallest absolute Gasteiger partial charge is 0.321 e. The van der Waals surface area contributed by atoms with Gasteiger partial charge in [0.05, 0.1) is 4.90 Å². The number of esters is 1. The molecule has 0 unspecified atom stereocenters. The highest BCUT2D eigenvalue weighted by atomic mass is 32.2. The Hall–Kier alpha value is -1.93. The maximum absolute atomic E-state index is 11.9. The molecule has 0 bridgehead atoms. The minimum Gasteiger partial charge on any atom is -0.455 e. The lowest BCUT2D eigenvalue weighted by atomic mass is 10.2. The van der Waals surface area contributed by atoms with Crippen molar-refractivity contribution in [3.05, 3.63) is 30.3 Å². The third kappa shape index (κ3) is 5.65. The van der Waals surface area contributed by atoms with Crippen LogP contribution in [0.15, 0.2) is 35.2 Å². The van der Waals surface area contributed by atoms with Crippen LogP contribution in [0.1, 0.15) is 25.7 Å². The van der Waals surface area contributed by atoms with Gasteiger partial charge in [-0.2, -0.15) is 4.72 Å². The number of sulfonamides is 1.